The smallest absolute Gasteiger partial charge is 0.240 e. The first kappa shape index (κ1) is 15.0. The number of hydrogen-bond acceptors (Lipinski definition) is 4. The van der Waals surface area contributed by atoms with Crippen LogP contribution in [0.2, 0.25) is 0 Å². The Morgan fingerprint density at radius 2 is 1.94 bits per heavy atom. The number of hydrogen-bond donors (Lipinski definition) is 2. The van der Waals surface area contributed by atoms with Crippen molar-refractivity contribution in [2.75, 3.05) is 26.4 Å². The van der Waals surface area contributed by atoms with Gasteiger partial charge in [-0.2, -0.15) is 0 Å². The maximum absolute atomic E-state index is 12.9. The van der Waals surface area contributed by atoms with Crippen LogP contribution in [0.3, 0.4) is 0 Å². The summed E-state index contributed by atoms with van der Waals surface area (Å²) in [6.07, 6.45) is 0. The molecule has 0 atom stereocenters. The van der Waals surface area contributed by atoms with E-state index in [2.05, 4.69) is 4.72 Å². The van der Waals surface area contributed by atoms with Crippen molar-refractivity contribution in [3.63, 3.8) is 0 Å². The fourth-order valence-corrected chi connectivity index (χ4v) is 2.17. The van der Waals surface area contributed by atoms with E-state index in [4.69, 9.17) is 9.84 Å². The average Bonchev–Trinajstić information content (AvgIpc) is 2.32. The van der Waals surface area contributed by atoms with Crippen LogP contribution < -0.4 is 4.72 Å². The van der Waals surface area contributed by atoms with Crippen LogP contribution in [-0.4, -0.2) is 39.9 Å². The van der Waals surface area contributed by atoms with E-state index in [0.717, 1.165) is 12.1 Å². The van der Waals surface area contributed by atoms with Crippen LogP contribution in [0.5, 0.6) is 0 Å². The Morgan fingerprint density at radius 3 is 2.56 bits per heavy atom. The van der Waals surface area contributed by atoms with Crippen LogP contribution in [0.1, 0.15) is 0 Å². The van der Waals surface area contributed by atoms with Crippen molar-refractivity contribution >= 4 is 10.0 Å². The van der Waals surface area contributed by atoms with Crippen molar-refractivity contribution in [2.45, 2.75) is 4.90 Å². The van der Waals surface area contributed by atoms with Crippen molar-refractivity contribution in [3.05, 3.63) is 29.8 Å². The lowest BCUT2D eigenvalue weighted by molar-refractivity contribution is 0.0961. The Morgan fingerprint density at radius 1 is 1.22 bits per heavy atom. The summed E-state index contributed by atoms with van der Waals surface area (Å²) >= 11 is 0. The number of aliphatic hydroxyl groups excluding tert-OH is 1. The van der Waals surface area contributed by atoms with Crippen molar-refractivity contribution in [1.82, 2.24) is 4.72 Å². The topological polar surface area (TPSA) is 75.6 Å². The first-order valence-electron chi connectivity index (χ1n) is 5.10. The first-order chi connectivity index (χ1) is 8.47. The van der Waals surface area contributed by atoms with Crippen molar-refractivity contribution in [1.29, 1.82) is 0 Å². The van der Waals surface area contributed by atoms with Gasteiger partial charge < -0.3 is 9.84 Å². The van der Waals surface area contributed by atoms with Gasteiger partial charge in [-0.15, -0.1) is 0 Å². The Labute approximate surface area is 103 Å². The molecule has 0 aliphatic rings. The quantitative estimate of drug-likeness (QED) is 0.703. The van der Waals surface area contributed by atoms with Crippen LogP contribution in [0.25, 0.3) is 0 Å². The molecule has 2 N–H and O–H groups in total. The fourth-order valence-electron chi connectivity index (χ4n) is 1.14. The van der Waals surface area contributed by atoms with Gasteiger partial charge >= 0.3 is 0 Å². The maximum Gasteiger partial charge on any atom is 0.240 e. The van der Waals surface area contributed by atoms with E-state index < -0.39 is 21.7 Å². The molecule has 1 rings (SSSR count). The monoisotopic (exact) mass is 281 g/mol. The molecule has 18 heavy (non-hydrogen) atoms. The zero-order chi connectivity index (χ0) is 13.6. The number of benzene rings is 1. The summed E-state index contributed by atoms with van der Waals surface area (Å²) in [6, 6.07) is 2.31. The summed E-state index contributed by atoms with van der Waals surface area (Å²) in [6.45, 7) is -0.00633. The van der Waals surface area contributed by atoms with Crippen LogP contribution in [0, 0.1) is 11.6 Å². The molecule has 102 valence electrons. The highest BCUT2D eigenvalue weighted by atomic mass is 32.2. The van der Waals surface area contributed by atoms with Gasteiger partial charge in [-0.1, -0.05) is 0 Å². The van der Waals surface area contributed by atoms with Gasteiger partial charge in [-0.25, -0.2) is 21.9 Å². The van der Waals surface area contributed by atoms with Crippen molar-refractivity contribution in [2.24, 2.45) is 0 Å². The van der Waals surface area contributed by atoms with E-state index in [0.29, 0.717) is 6.07 Å². The number of nitrogens with one attached hydrogen (secondary N) is 1. The molecule has 1 aromatic rings. The van der Waals surface area contributed by atoms with Crippen LogP contribution in [0.4, 0.5) is 8.78 Å². The molecule has 5 nitrogen and oxygen atoms in total. The average molecular weight is 281 g/mol. The molecule has 0 fully saturated rings. The second-order valence-electron chi connectivity index (χ2n) is 3.31. The van der Waals surface area contributed by atoms with Crippen LogP contribution in [0.15, 0.2) is 23.1 Å². The van der Waals surface area contributed by atoms with E-state index >= 15 is 0 Å². The number of halogens is 2. The van der Waals surface area contributed by atoms with Gasteiger partial charge in [0.25, 0.3) is 0 Å². The van der Waals surface area contributed by atoms with E-state index in [9.17, 15) is 17.2 Å². The Bertz CT molecular complexity index is 493. The Balaban J connectivity index is 2.60. The summed E-state index contributed by atoms with van der Waals surface area (Å²) in [5.41, 5.74) is 0. The lowest BCUT2D eigenvalue weighted by Crippen LogP contribution is -2.27. The van der Waals surface area contributed by atoms with Gasteiger partial charge in [0, 0.05) is 6.54 Å². The zero-order valence-electron chi connectivity index (χ0n) is 9.40. The predicted molar refractivity (Wildman–Crippen MR) is 59.5 cm³/mol. The molecule has 0 radical (unpaired) electrons. The molecular weight excluding hydrogens is 268 g/mol. The summed E-state index contributed by atoms with van der Waals surface area (Å²) in [5, 5.41) is 8.42. The molecule has 0 aromatic heterocycles. The third-order valence-electron chi connectivity index (χ3n) is 1.98. The standard InChI is InChI=1S/C10H13F2NO4S/c11-9-2-1-8(7-10(9)12)18(15,16)13-3-5-17-6-4-14/h1-2,7,13-14H,3-6H2. The van der Waals surface area contributed by atoms with Crippen molar-refractivity contribution in [3.8, 4) is 0 Å². The minimum atomic E-state index is -3.89. The van der Waals surface area contributed by atoms with Crippen molar-refractivity contribution < 1.29 is 27.0 Å². The Hall–Kier alpha value is -1.09. The molecule has 0 aliphatic carbocycles. The van der Waals surface area contributed by atoms with Gasteiger partial charge in [-0.05, 0) is 18.2 Å². The zero-order valence-corrected chi connectivity index (χ0v) is 10.2. The third kappa shape index (κ3) is 4.30. The van der Waals surface area contributed by atoms with Gasteiger partial charge in [0.15, 0.2) is 11.6 Å². The molecule has 0 heterocycles. The van der Waals surface area contributed by atoms with E-state index in [1.54, 1.807) is 0 Å². The minimum Gasteiger partial charge on any atom is -0.394 e. The first-order valence-corrected chi connectivity index (χ1v) is 6.59. The van der Waals surface area contributed by atoms with Gasteiger partial charge in [0.2, 0.25) is 10.0 Å². The highest BCUT2D eigenvalue weighted by Crippen LogP contribution is 2.13. The second kappa shape index (κ2) is 6.74. The van der Waals surface area contributed by atoms with Gasteiger partial charge in [0.1, 0.15) is 0 Å². The third-order valence-corrected chi connectivity index (χ3v) is 3.43. The normalized spacial score (nSPS) is 11.7. The lowest BCUT2D eigenvalue weighted by Gasteiger charge is -2.07. The summed E-state index contributed by atoms with van der Waals surface area (Å²) in [4.78, 5) is -0.358. The SMILES string of the molecule is O=S(=O)(NCCOCCO)c1ccc(F)c(F)c1. The number of ether oxygens (including phenoxy) is 1. The number of rotatable bonds is 7. The lowest BCUT2D eigenvalue weighted by atomic mass is 10.3. The maximum atomic E-state index is 12.9. The minimum absolute atomic E-state index is 0.0265. The molecule has 0 bridgehead atoms. The molecule has 0 saturated heterocycles. The highest BCUT2D eigenvalue weighted by Gasteiger charge is 2.15. The van der Waals surface area contributed by atoms with Gasteiger partial charge in [0.05, 0.1) is 24.7 Å². The molecule has 8 heteroatoms. The largest absolute Gasteiger partial charge is 0.394 e. The summed E-state index contributed by atoms with van der Waals surface area (Å²) < 4.78 is 55.8. The molecule has 0 amide bonds. The summed E-state index contributed by atoms with van der Waals surface area (Å²) in [5.74, 6) is -2.34. The highest BCUT2D eigenvalue weighted by molar-refractivity contribution is 7.89. The van der Waals surface area contributed by atoms with E-state index in [1.165, 1.54) is 0 Å². The molecule has 0 aliphatic heterocycles. The van der Waals surface area contributed by atoms with Crippen LogP contribution in [-0.2, 0) is 14.8 Å². The van der Waals surface area contributed by atoms with E-state index in [-0.39, 0.29) is 31.3 Å². The molecular formula is C10H13F2NO4S. The number of aliphatic hydroxyl groups is 1. The molecule has 1 aromatic carbocycles. The molecule has 0 saturated carbocycles. The predicted octanol–water partition coefficient (Wildman–Crippen LogP) is 0.252. The number of sulfonamides is 1. The van der Waals surface area contributed by atoms with E-state index in [1.807, 2.05) is 0 Å². The Kier molecular flexibility index (Phi) is 5.60. The van der Waals surface area contributed by atoms with Gasteiger partial charge in [-0.3, -0.25) is 0 Å². The molecule has 0 spiro atoms. The molecule has 0 unspecified atom stereocenters. The van der Waals surface area contributed by atoms with Crippen LogP contribution >= 0.6 is 0 Å². The second-order valence-corrected chi connectivity index (χ2v) is 5.08. The fraction of sp³-hybridized carbons (Fsp3) is 0.400. The summed E-state index contributed by atoms with van der Waals surface area (Å²) in [7, 11) is -3.89.